The summed E-state index contributed by atoms with van der Waals surface area (Å²) in [7, 11) is -3.70. The maximum absolute atomic E-state index is 13.0. The van der Waals surface area contributed by atoms with E-state index in [0.717, 1.165) is 5.69 Å². The maximum atomic E-state index is 13.0. The van der Waals surface area contributed by atoms with Gasteiger partial charge >= 0.3 is 0 Å². The van der Waals surface area contributed by atoms with Gasteiger partial charge in [0.15, 0.2) is 0 Å². The molecule has 0 saturated carbocycles. The van der Waals surface area contributed by atoms with Crippen LogP contribution in [0.5, 0.6) is 0 Å². The second kappa shape index (κ2) is 10.5. The zero-order valence-corrected chi connectivity index (χ0v) is 19.3. The third-order valence-corrected chi connectivity index (χ3v) is 6.97. The van der Waals surface area contributed by atoms with Gasteiger partial charge in [-0.05, 0) is 54.6 Å². The summed E-state index contributed by atoms with van der Waals surface area (Å²) in [5.74, 6) is -0.345. The fourth-order valence-electron chi connectivity index (χ4n) is 3.69. The van der Waals surface area contributed by atoms with Gasteiger partial charge in [0.05, 0.1) is 11.4 Å². The molecular formula is C24H26FN5O3S. The predicted octanol–water partition coefficient (Wildman–Crippen LogP) is 2.74. The summed E-state index contributed by atoms with van der Waals surface area (Å²) in [6.07, 6.45) is 7.18. The summed E-state index contributed by atoms with van der Waals surface area (Å²) in [4.78, 5) is 20.6. The number of hydrogen-bond acceptors (Lipinski definition) is 6. The molecule has 1 amide bonds. The summed E-state index contributed by atoms with van der Waals surface area (Å²) in [6, 6.07) is 12.6. The van der Waals surface area contributed by atoms with Gasteiger partial charge in [0, 0.05) is 62.1 Å². The molecule has 0 unspecified atom stereocenters. The Labute approximate surface area is 198 Å². The SMILES string of the molecule is O=C(CNc1ccc(F)cc1)N1CCN(c2ccc(S(=O)(=O)NC3=CCC=NC=C3)cc2)CC1. The van der Waals surface area contributed by atoms with E-state index < -0.39 is 10.0 Å². The zero-order chi connectivity index (χ0) is 24.0. The van der Waals surface area contributed by atoms with Gasteiger partial charge in [-0.25, -0.2) is 12.8 Å². The molecule has 1 saturated heterocycles. The minimum Gasteiger partial charge on any atom is -0.376 e. The van der Waals surface area contributed by atoms with Crippen LogP contribution in [0, 0.1) is 5.82 Å². The van der Waals surface area contributed by atoms with E-state index in [2.05, 4.69) is 19.9 Å². The van der Waals surface area contributed by atoms with Crippen molar-refractivity contribution in [1.29, 1.82) is 0 Å². The van der Waals surface area contributed by atoms with Gasteiger partial charge in [-0.3, -0.25) is 14.5 Å². The first kappa shape index (κ1) is 23.5. The van der Waals surface area contributed by atoms with Crippen LogP contribution in [-0.4, -0.2) is 58.2 Å². The van der Waals surface area contributed by atoms with Crippen molar-refractivity contribution in [1.82, 2.24) is 9.62 Å². The molecule has 2 aliphatic rings. The molecule has 0 radical (unpaired) electrons. The van der Waals surface area contributed by atoms with Crippen LogP contribution in [0.4, 0.5) is 15.8 Å². The molecule has 0 bridgehead atoms. The van der Waals surface area contributed by atoms with Crippen molar-refractivity contribution in [3.63, 3.8) is 0 Å². The lowest BCUT2D eigenvalue weighted by Gasteiger charge is -2.36. The second-order valence-electron chi connectivity index (χ2n) is 7.87. The number of piperazine rings is 1. The Hall–Kier alpha value is -3.66. The lowest BCUT2D eigenvalue weighted by atomic mass is 10.2. The van der Waals surface area contributed by atoms with Crippen molar-refractivity contribution in [3.8, 4) is 0 Å². The number of allylic oxidation sites excluding steroid dienone is 2. The topological polar surface area (TPSA) is 94.1 Å². The number of benzene rings is 2. The molecule has 2 heterocycles. The molecule has 178 valence electrons. The minimum atomic E-state index is -3.70. The van der Waals surface area contributed by atoms with Crippen molar-refractivity contribution in [2.45, 2.75) is 11.3 Å². The molecule has 0 atom stereocenters. The summed E-state index contributed by atoms with van der Waals surface area (Å²) >= 11 is 0. The Morgan fingerprint density at radius 1 is 1.00 bits per heavy atom. The quantitative estimate of drug-likeness (QED) is 0.632. The number of anilines is 2. The van der Waals surface area contributed by atoms with Crippen LogP contribution >= 0.6 is 0 Å². The highest BCUT2D eigenvalue weighted by Crippen LogP contribution is 2.20. The van der Waals surface area contributed by atoms with Crippen molar-refractivity contribution >= 4 is 33.5 Å². The predicted molar refractivity (Wildman–Crippen MR) is 131 cm³/mol. The van der Waals surface area contributed by atoms with Crippen LogP contribution in [-0.2, 0) is 14.8 Å². The molecule has 4 rings (SSSR count). The Kier molecular flexibility index (Phi) is 7.27. The summed E-state index contributed by atoms with van der Waals surface area (Å²) < 4.78 is 41.0. The first-order valence-electron chi connectivity index (χ1n) is 10.9. The fourth-order valence-corrected chi connectivity index (χ4v) is 4.76. The smallest absolute Gasteiger partial charge is 0.261 e. The molecule has 0 spiro atoms. The van der Waals surface area contributed by atoms with E-state index in [4.69, 9.17) is 0 Å². The Bertz CT molecular complexity index is 1200. The van der Waals surface area contributed by atoms with Crippen molar-refractivity contribution in [2.24, 2.45) is 4.99 Å². The maximum Gasteiger partial charge on any atom is 0.261 e. The number of amides is 1. The van der Waals surface area contributed by atoms with Gasteiger partial charge in [0.1, 0.15) is 5.82 Å². The number of sulfonamides is 1. The van der Waals surface area contributed by atoms with Crippen molar-refractivity contribution in [3.05, 3.63) is 78.4 Å². The van der Waals surface area contributed by atoms with Gasteiger partial charge in [0.2, 0.25) is 5.91 Å². The highest BCUT2D eigenvalue weighted by atomic mass is 32.2. The monoisotopic (exact) mass is 483 g/mol. The molecule has 2 N–H and O–H groups in total. The summed E-state index contributed by atoms with van der Waals surface area (Å²) in [5, 5.41) is 3.02. The van der Waals surface area contributed by atoms with Crippen LogP contribution in [0.15, 0.2) is 82.5 Å². The van der Waals surface area contributed by atoms with E-state index in [1.807, 2.05) is 0 Å². The average Bonchev–Trinajstić information content (AvgIpc) is 3.12. The number of rotatable bonds is 7. The molecule has 2 aromatic rings. The van der Waals surface area contributed by atoms with E-state index >= 15 is 0 Å². The summed E-state index contributed by atoms with van der Waals surface area (Å²) in [5.41, 5.74) is 2.08. The van der Waals surface area contributed by atoms with E-state index in [1.165, 1.54) is 12.1 Å². The number of carbonyl (C=O) groups is 1. The largest absolute Gasteiger partial charge is 0.376 e. The first-order chi connectivity index (χ1) is 16.4. The van der Waals surface area contributed by atoms with Crippen LogP contribution in [0.2, 0.25) is 0 Å². The van der Waals surface area contributed by atoms with Crippen LogP contribution in [0.3, 0.4) is 0 Å². The molecule has 2 aromatic carbocycles. The van der Waals surface area contributed by atoms with E-state index in [1.54, 1.807) is 65.9 Å². The first-order valence-corrected chi connectivity index (χ1v) is 12.4. The third-order valence-electron chi connectivity index (χ3n) is 5.57. The number of nitrogens with one attached hydrogen (secondary N) is 2. The second-order valence-corrected chi connectivity index (χ2v) is 9.55. The van der Waals surface area contributed by atoms with Gasteiger partial charge in [0.25, 0.3) is 10.0 Å². The van der Waals surface area contributed by atoms with E-state index in [9.17, 15) is 17.6 Å². The molecular weight excluding hydrogens is 457 g/mol. The third kappa shape index (κ3) is 6.02. The minimum absolute atomic E-state index is 0.0243. The van der Waals surface area contributed by atoms with Gasteiger partial charge < -0.3 is 15.1 Å². The highest BCUT2D eigenvalue weighted by molar-refractivity contribution is 7.89. The molecule has 34 heavy (non-hydrogen) atoms. The fraction of sp³-hybridized carbons (Fsp3) is 0.250. The van der Waals surface area contributed by atoms with Crippen LogP contribution in [0.25, 0.3) is 0 Å². The Balaban J connectivity index is 1.29. The number of nitrogens with zero attached hydrogens (tertiary/aromatic N) is 3. The highest BCUT2D eigenvalue weighted by Gasteiger charge is 2.22. The molecule has 8 nitrogen and oxygen atoms in total. The van der Waals surface area contributed by atoms with Crippen molar-refractivity contribution in [2.75, 3.05) is 42.9 Å². The normalized spacial score (nSPS) is 16.1. The molecule has 2 aliphatic heterocycles. The Morgan fingerprint density at radius 2 is 1.71 bits per heavy atom. The molecule has 1 fully saturated rings. The molecule has 0 aliphatic carbocycles. The van der Waals surface area contributed by atoms with E-state index in [0.29, 0.717) is 44.0 Å². The summed E-state index contributed by atoms with van der Waals surface area (Å²) in [6.45, 7) is 2.56. The number of aliphatic imine (C=N–C) groups is 1. The Morgan fingerprint density at radius 3 is 2.41 bits per heavy atom. The lowest BCUT2D eigenvalue weighted by Crippen LogP contribution is -2.50. The number of halogens is 1. The lowest BCUT2D eigenvalue weighted by molar-refractivity contribution is -0.129. The standard InChI is InChI=1S/C24H26FN5O3S/c25-19-3-5-20(6-4-19)27-18-24(31)30-16-14-29(15-17-30)22-7-9-23(10-8-22)34(32,33)28-21-2-1-12-26-13-11-21/h2-13,27-28H,1,14-18H2. The number of hydrogen-bond donors (Lipinski definition) is 2. The van der Waals surface area contributed by atoms with Crippen molar-refractivity contribution < 1.29 is 17.6 Å². The van der Waals surface area contributed by atoms with Gasteiger partial charge in [-0.2, -0.15) is 0 Å². The van der Waals surface area contributed by atoms with Crippen LogP contribution in [0.1, 0.15) is 6.42 Å². The average molecular weight is 484 g/mol. The van der Waals surface area contributed by atoms with Crippen LogP contribution < -0.4 is 14.9 Å². The number of carbonyl (C=O) groups excluding carboxylic acids is 1. The molecule has 10 heteroatoms. The zero-order valence-electron chi connectivity index (χ0n) is 18.5. The molecule has 0 aromatic heterocycles. The van der Waals surface area contributed by atoms with Gasteiger partial charge in [-0.15, -0.1) is 0 Å². The van der Waals surface area contributed by atoms with Gasteiger partial charge in [-0.1, -0.05) is 6.08 Å². The van der Waals surface area contributed by atoms with E-state index in [-0.39, 0.29) is 23.2 Å².